The maximum Gasteiger partial charge on any atom is 0.120 e. The smallest absolute Gasteiger partial charge is 0.120 e. The summed E-state index contributed by atoms with van der Waals surface area (Å²) in [6.45, 7) is 17.3. The van der Waals surface area contributed by atoms with E-state index >= 15 is 0 Å². The largest absolute Gasteiger partial charge is 0.492 e. The van der Waals surface area contributed by atoms with E-state index in [9.17, 15) is 5.11 Å². The first-order valence-electron chi connectivity index (χ1n) is 12.9. The number of rotatable bonds is 11. The molecule has 1 N–H and O–H groups in total. The molecule has 6 heteroatoms. The van der Waals surface area contributed by atoms with Crippen molar-refractivity contribution >= 4 is 11.6 Å². The number of benzene rings is 2. The van der Waals surface area contributed by atoms with Crippen molar-refractivity contribution in [3.8, 4) is 11.5 Å². The molecule has 2 aromatic carbocycles. The standard InChI is InChI=1S/C29H43ClN2O3/c1-21(2)32(22(3)4)15-16-34-26-9-7-25(8-10-26)19-31-13-11-29(33,12-14-31)20-35-27-17-23(5)28(30)24(6)18-27/h7-10,17-18,21-22,33H,11-16,19-20H2,1-6H3. The zero-order valence-electron chi connectivity index (χ0n) is 22.3. The number of halogens is 1. The molecule has 194 valence electrons. The molecular formula is C29H43ClN2O3. The van der Waals surface area contributed by atoms with E-state index in [4.69, 9.17) is 21.1 Å². The lowest BCUT2D eigenvalue weighted by Gasteiger charge is -2.38. The number of hydrogen-bond acceptors (Lipinski definition) is 5. The fourth-order valence-corrected chi connectivity index (χ4v) is 4.92. The molecule has 3 rings (SSSR count). The summed E-state index contributed by atoms with van der Waals surface area (Å²) in [6.07, 6.45) is 1.39. The molecule has 0 spiro atoms. The van der Waals surface area contributed by atoms with Gasteiger partial charge in [-0.3, -0.25) is 9.80 Å². The number of piperidine rings is 1. The fraction of sp³-hybridized carbons (Fsp3) is 0.586. The monoisotopic (exact) mass is 502 g/mol. The first kappa shape index (κ1) is 27.8. The summed E-state index contributed by atoms with van der Waals surface area (Å²) >= 11 is 6.25. The highest BCUT2D eigenvalue weighted by Crippen LogP contribution is 2.29. The second kappa shape index (κ2) is 12.4. The van der Waals surface area contributed by atoms with Crippen LogP contribution in [0, 0.1) is 13.8 Å². The second-order valence-corrected chi connectivity index (χ2v) is 11.0. The van der Waals surface area contributed by atoms with Crippen LogP contribution in [-0.4, -0.2) is 65.4 Å². The van der Waals surface area contributed by atoms with E-state index in [-0.39, 0.29) is 0 Å². The molecule has 1 aliphatic heterocycles. The van der Waals surface area contributed by atoms with E-state index in [0.29, 0.717) is 38.1 Å². The van der Waals surface area contributed by atoms with E-state index in [0.717, 1.165) is 53.8 Å². The summed E-state index contributed by atoms with van der Waals surface area (Å²) in [6, 6.07) is 13.3. The number of aryl methyl sites for hydroxylation is 2. The van der Waals surface area contributed by atoms with Crippen LogP contribution in [0.5, 0.6) is 11.5 Å². The number of hydrogen-bond donors (Lipinski definition) is 1. The van der Waals surface area contributed by atoms with E-state index in [1.54, 1.807) is 0 Å². The summed E-state index contributed by atoms with van der Waals surface area (Å²) < 4.78 is 11.9. The molecule has 0 unspecified atom stereocenters. The van der Waals surface area contributed by atoms with Crippen LogP contribution in [0.15, 0.2) is 36.4 Å². The molecule has 5 nitrogen and oxygen atoms in total. The molecule has 0 bridgehead atoms. The van der Waals surface area contributed by atoms with Gasteiger partial charge in [-0.25, -0.2) is 0 Å². The minimum atomic E-state index is -0.796. The Morgan fingerprint density at radius 1 is 0.943 bits per heavy atom. The molecule has 2 aromatic rings. The molecule has 1 aliphatic rings. The molecule has 0 atom stereocenters. The Morgan fingerprint density at radius 3 is 2.06 bits per heavy atom. The van der Waals surface area contributed by atoms with Gasteiger partial charge < -0.3 is 14.6 Å². The average Bonchev–Trinajstić information content (AvgIpc) is 2.81. The van der Waals surface area contributed by atoms with E-state index in [1.807, 2.05) is 26.0 Å². The van der Waals surface area contributed by atoms with Crippen molar-refractivity contribution < 1.29 is 14.6 Å². The van der Waals surface area contributed by atoms with Gasteiger partial charge in [-0.05, 0) is 95.3 Å². The van der Waals surface area contributed by atoms with Gasteiger partial charge in [0.2, 0.25) is 0 Å². The molecular weight excluding hydrogens is 460 g/mol. The summed E-state index contributed by atoms with van der Waals surface area (Å²) in [5.41, 5.74) is 2.45. The van der Waals surface area contributed by atoms with Gasteiger partial charge in [0.25, 0.3) is 0 Å². The van der Waals surface area contributed by atoms with Crippen LogP contribution in [0.4, 0.5) is 0 Å². The fourth-order valence-electron chi connectivity index (χ4n) is 4.81. The van der Waals surface area contributed by atoms with Gasteiger partial charge in [0.05, 0.1) is 0 Å². The van der Waals surface area contributed by atoms with Crippen LogP contribution in [0.3, 0.4) is 0 Å². The summed E-state index contributed by atoms with van der Waals surface area (Å²) in [7, 11) is 0. The van der Waals surface area contributed by atoms with Crippen molar-refractivity contribution in [1.29, 1.82) is 0 Å². The van der Waals surface area contributed by atoms with E-state index in [2.05, 4.69) is 61.8 Å². The van der Waals surface area contributed by atoms with Gasteiger partial charge in [-0.15, -0.1) is 0 Å². The lowest BCUT2D eigenvalue weighted by molar-refractivity contribution is -0.0537. The maximum absolute atomic E-state index is 11.0. The van der Waals surface area contributed by atoms with Gasteiger partial charge in [-0.2, -0.15) is 0 Å². The van der Waals surface area contributed by atoms with Crippen LogP contribution >= 0.6 is 11.6 Å². The Bertz CT molecular complexity index is 906. The Morgan fingerprint density at radius 2 is 1.51 bits per heavy atom. The third-order valence-corrected chi connectivity index (χ3v) is 7.57. The lowest BCUT2D eigenvalue weighted by atomic mass is 9.92. The van der Waals surface area contributed by atoms with Gasteiger partial charge in [0.15, 0.2) is 0 Å². The highest BCUT2D eigenvalue weighted by atomic mass is 35.5. The molecule has 35 heavy (non-hydrogen) atoms. The van der Waals surface area contributed by atoms with Crippen molar-refractivity contribution in [2.75, 3.05) is 32.8 Å². The SMILES string of the molecule is Cc1cc(OCC2(O)CCN(Cc3ccc(OCCN(C(C)C)C(C)C)cc3)CC2)cc(C)c1Cl. The minimum Gasteiger partial charge on any atom is -0.492 e. The Hall–Kier alpha value is -1.79. The van der Waals surface area contributed by atoms with Crippen LogP contribution < -0.4 is 9.47 Å². The predicted octanol–water partition coefficient (Wildman–Crippen LogP) is 5.86. The van der Waals surface area contributed by atoms with Crippen LogP contribution in [0.25, 0.3) is 0 Å². The van der Waals surface area contributed by atoms with Gasteiger partial charge in [-0.1, -0.05) is 23.7 Å². The van der Waals surface area contributed by atoms with Crippen molar-refractivity contribution in [1.82, 2.24) is 9.80 Å². The molecule has 0 saturated carbocycles. The van der Waals surface area contributed by atoms with Crippen LogP contribution in [0.2, 0.25) is 5.02 Å². The second-order valence-electron chi connectivity index (χ2n) is 10.6. The van der Waals surface area contributed by atoms with Crippen molar-refractivity contribution in [3.05, 3.63) is 58.1 Å². The number of likely N-dealkylation sites (tertiary alicyclic amines) is 1. The molecule has 0 amide bonds. The average molecular weight is 503 g/mol. The molecule has 0 aromatic heterocycles. The highest BCUT2D eigenvalue weighted by molar-refractivity contribution is 6.32. The number of aliphatic hydroxyl groups is 1. The molecule has 0 aliphatic carbocycles. The lowest BCUT2D eigenvalue weighted by Crippen LogP contribution is -2.47. The summed E-state index contributed by atoms with van der Waals surface area (Å²) in [5, 5.41) is 11.8. The molecule has 1 saturated heterocycles. The van der Waals surface area contributed by atoms with E-state index in [1.165, 1.54) is 5.56 Å². The van der Waals surface area contributed by atoms with Crippen molar-refractivity contribution in [2.45, 2.75) is 78.6 Å². The normalized spacial score (nSPS) is 16.3. The first-order chi connectivity index (χ1) is 16.6. The van der Waals surface area contributed by atoms with Crippen molar-refractivity contribution in [3.63, 3.8) is 0 Å². The zero-order chi connectivity index (χ0) is 25.6. The van der Waals surface area contributed by atoms with Gasteiger partial charge in [0, 0.05) is 43.3 Å². The zero-order valence-corrected chi connectivity index (χ0v) is 23.1. The Balaban J connectivity index is 1.42. The summed E-state index contributed by atoms with van der Waals surface area (Å²) in [4.78, 5) is 4.83. The minimum absolute atomic E-state index is 0.304. The maximum atomic E-state index is 11.0. The Kier molecular flexibility index (Phi) is 9.88. The van der Waals surface area contributed by atoms with Crippen LogP contribution in [0.1, 0.15) is 57.2 Å². The molecule has 0 radical (unpaired) electrons. The summed E-state index contributed by atoms with van der Waals surface area (Å²) in [5.74, 6) is 1.68. The quantitative estimate of drug-likeness (QED) is 0.417. The van der Waals surface area contributed by atoms with Gasteiger partial charge in [0.1, 0.15) is 30.3 Å². The van der Waals surface area contributed by atoms with E-state index < -0.39 is 5.60 Å². The Labute approximate surface area is 217 Å². The first-order valence-corrected chi connectivity index (χ1v) is 13.3. The molecule has 1 heterocycles. The molecule has 1 fully saturated rings. The topological polar surface area (TPSA) is 45.2 Å². The third-order valence-electron chi connectivity index (χ3n) is 6.98. The number of nitrogens with zero attached hydrogens (tertiary/aromatic N) is 2. The van der Waals surface area contributed by atoms with Crippen molar-refractivity contribution in [2.24, 2.45) is 0 Å². The predicted molar refractivity (Wildman–Crippen MR) is 145 cm³/mol. The van der Waals surface area contributed by atoms with Gasteiger partial charge >= 0.3 is 0 Å². The van der Waals surface area contributed by atoms with Crippen LogP contribution in [-0.2, 0) is 6.54 Å². The highest BCUT2D eigenvalue weighted by Gasteiger charge is 2.33. The third kappa shape index (κ3) is 8.11. The number of ether oxygens (including phenoxy) is 2.